The lowest BCUT2D eigenvalue weighted by Crippen LogP contribution is -2.08. The van der Waals surface area contributed by atoms with E-state index in [4.69, 9.17) is 32.6 Å². The van der Waals surface area contributed by atoms with Gasteiger partial charge < -0.3 is 0 Å². The van der Waals surface area contributed by atoms with Crippen LogP contribution in [0.25, 0.3) is 0 Å². The molecule has 0 spiro atoms. The number of nitrogens with zero attached hydrogens (tertiary/aromatic N) is 4. The van der Waals surface area contributed by atoms with E-state index in [1.165, 1.54) is 6.92 Å². The van der Waals surface area contributed by atoms with Gasteiger partial charge in [0.15, 0.2) is 10.8 Å². The van der Waals surface area contributed by atoms with Crippen LogP contribution < -0.4 is 0 Å². The molecule has 0 N–H and O–H groups in total. The molecule has 4 nitrogen and oxygen atoms in total. The summed E-state index contributed by atoms with van der Waals surface area (Å²) in [6.07, 6.45) is 0. The van der Waals surface area contributed by atoms with E-state index in [1.54, 1.807) is 24.3 Å². The highest BCUT2D eigenvalue weighted by Crippen LogP contribution is 2.77. The summed E-state index contributed by atoms with van der Waals surface area (Å²) in [4.78, 5) is 0. The van der Waals surface area contributed by atoms with Crippen LogP contribution in [0.4, 0.5) is 0 Å². The van der Waals surface area contributed by atoms with E-state index in [1.807, 2.05) is 0 Å². The van der Waals surface area contributed by atoms with Crippen LogP contribution in [0.2, 0.25) is 0 Å². The first kappa shape index (κ1) is 10.3. The van der Waals surface area contributed by atoms with Crippen LogP contribution >= 0.6 is 11.6 Å². The third kappa shape index (κ3) is 0.599. The van der Waals surface area contributed by atoms with Crippen LogP contribution in [0, 0.1) is 61.6 Å². The Morgan fingerprint density at radius 3 is 1.29 bits per heavy atom. The second kappa shape index (κ2) is 2.62. The molecule has 0 aromatic rings. The minimum absolute atomic E-state index is 0.0603. The molecule has 0 bridgehead atoms. The van der Waals surface area contributed by atoms with Gasteiger partial charge in [0.25, 0.3) is 0 Å². The van der Waals surface area contributed by atoms with Crippen LogP contribution in [0.1, 0.15) is 6.92 Å². The monoisotopic (exact) mass is 204 g/mol. The van der Waals surface area contributed by atoms with Gasteiger partial charge >= 0.3 is 0 Å². The van der Waals surface area contributed by atoms with Gasteiger partial charge in [0.2, 0.25) is 0 Å². The maximum atomic E-state index is 8.89. The molecule has 1 saturated carbocycles. The third-order valence-electron chi connectivity index (χ3n) is 3.09. The SMILES string of the molecule is CC1(CCl)C(C#N)(C#N)C1(C#N)C#N. The van der Waals surface area contributed by atoms with E-state index in [9.17, 15) is 0 Å². The first-order chi connectivity index (χ1) is 6.55. The van der Waals surface area contributed by atoms with Gasteiger partial charge in [-0.15, -0.1) is 11.6 Å². The highest BCUT2D eigenvalue weighted by molar-refractivity contribution is 6.19. The van der Waals surface area contributed by atoms with Crippen LogP contribution in [0.3, 0.4) is 0 Å². The van der Waals surface area contributed by atoms with Crippen molar-refractivity contribution in [1.82, 2.24) is 0 Å². The molecule has 1 aliphatic rings. The van der Waals surface area contributed by atoms with E-state index >= 15 is 0 Å². The van der Waals surface area contributed by atoms with E-state index in [2.05, 4.69) is 0 Å². The van der Waals surface area contributed by atoms with Crippen molar-refractivity contribution < 1.29 is 0 Å². The van der Waals surface area contributed by atoms with E-state index < -0.39 is 16.2 Å². The third-order valence-corrected chi connectivity index (χ3v) is 3.63. The van der Waals surface area contributed by atoms with Gasteiger partial charge in [-0.2, -0.15) is 21.0 Å². The normalized spacial score (nSPS) is 23.3. The molecule has 0 amide bonds. The standard InChI is InChI=1S/C9H5ClN4/c1-7(2-10)8(3-11,4-12)9(7,5-13)6-14/h2H2,1H3. The first-order valence-corrected chi connectivity index (χ1v) is 4.30. The van der Waals surface area contributed by atoms with E-state index in [0.717, 1.165) is 0 Å². The zero-order valence-electron chi connectivity index (χ0n) is 7.37. The lowest BCUT2D eigenvalue weighted by Gasteiger charge is -2.03. The van der Waals surface area contributed by atoms with Crippen LogP contribution in [0.15, 0.2) is 0 Å². The largest absolute Gasteiger partial charge is 0.196 e. The molecule has 1 fully saturated rings. The highest BCUT2D eigenvalue weighted by Gasteiger charge is 2.89. The Morgan fingerprint density at radius 2 is 1.21 bits per heavy atom. The molecule has 0 radical (unpaired) electrons. The summed E-state index contributed by atoms with van der Waals surface area (Å²) in [7, 11) is 0. The molecule has 0 heterocycles. The van der Waals surface area contributed by atoms with Crippen LogP contribution in [0.5, 0.6) is 0 Å². The van der Waals surface area contributed by atoms with Crippen molar-refractivity contribution in [3.05, 3.63) is 0 Å². The van der Waals surface area contributed by atoms with E-state index in [0.29, 0.717) is 0 Å². The van der Waals surface area contributed by atoms with Crippen molar-refractivity contribution in [2.45, 2.75) is 6.92 Å². The van der Waals surface area contributed by atoms with Gasteiger partial charge in [-0.05, 0) is 0 Å². The van der Waals surface area contributed by atoms with Crippen molar-refractivity contribution in [3.63, 3.8) is 0 Å². The van der Waals surface area contributed by atoms with Crippen molar-refractivity contribution >= 4 is 11.6 Å². The molecule has 0 aliphatic heterocycles. The molecule has 68 valence electrons. The van der Waals surface area contributed by atoms with E-state index in [-0.39, 0.29) is 5.88 Å². The topological polar surface area (TPSA) is 95.2 Å². The van der Waals surface area contributed by atoms with Gasteiger partial charge in [0.05, 0.1) is 29.7 Å². The summed E-state index contributed by atoms with van der Waals surface area (Å²) in [6.45, 7) is 1.51. The first-order valence-electron chi connectivity index (χ1n) is 3.77. The molecular formula is C9H5ClN4. The predicted molar refractivity (Wildman–Crippen MR) is 46.1 cm³/mol. The molecule has 14 heavy (non-hydrogen) atoms. The Balaban J connectivity index is 3.46. The number of halogens is 1. The van der Waals surface area contributed by atoms with Gasteiger partial charge in [0, 0.05) is 5.88 Å². The maximum Gasteiger partial charge on any atom is 0.185 e. The number of rotatable bonds is 1. The average Bonchev–Trinajstić information content (AvgIpc) is 2.73. The number of nitriles is 4. The van der Waals surface area contributed by atoms with Crippen molar-refractivity contribution in [3.8, 4) is 24.3 Å². The zero-order valence-corrected chi connectivity index (χ0v) is 8.13. The lowest BCUT2D eigenvalue weighted by atomic mass is 9.98. The Bertz CT molecular complexity index is 373. The Morgan fingerprint density at radius 1 is 0.929 bits per heavy atom. The second-order valence-corrected chi connectivity index (χ2v) is 3.68. The predicted octanol–water partition coefficient (Wildman–Crippen LogP) is 1.31. The van der Waals surface area contributed by atoms with Crippen molar-refractivity contribution in [1.29, 1.82) is 21.0 Å². The molecular weight excluding hydrogens is 200 g/mol. The lowest BCUT2D eigenvalue weighted by molar-refractivity contribution is 0.540. The maximum absolute atomic E-state index is 8.89. The fraction of sp³-hybridized carbons (Fsp3) is 0.556. The van der Waals surface area contributed by atoms with Gasteiger partial charge in [-0.25, -0.2) is 0 Å². The molecule has 5 heteroatoms. The molecule has 0 atom stereocenters. The van der Waals surface area contributed by atoms with Crippen molar-refractivity contribution in [2.24, 2.45) is 16.2 Å². The van der Waals surface area contributed by atoms with Gasteiger partial charge in [0.1, 0.15) is 0 Å². The van der Waals surface area contributed by atoms with Crippen LogP contribution in [-0.4, -0.2) is 5.88 Å². The smallest absolute Gasteiger partial charge is 0.185 e. The van der Waals surface area contributed by atoms with Gasteiger partial charge in [-0.3, -0.25) is 0 Å². The molecule has 0 aromatic heterocycles. The Kier molecular flexibility index (Phi) is 1.93. The number of hydrogen-bond acceptors (Lipinski definition) is 4. The summed E-state index contributed by atoms with van der Waals surface area (Å²) < 4.78 is 0. The second-order valence-electron chi connectivity index (χ2n) is 3.41. The minimum Gasteiger partial charge on any atom is -0.196 e. The molecule has 1 rings (SSSR count). The zero-order chi connectivity index (χ0) is 11.0. The Labute approximate surface area is 86.5 Å². The molecule has 0 unspecified atom stereocenters. The Hall–Kier alpha value is -1.75. The number of hydrogen-bond donors (Lipinski definition) is 0. The van der Waals surface area contributed by atoms with Crippen LogP contribution in [-0.2, 0) is 0 Å². The fourth-order valence-corrected chi connectivity index (χ4v) is 2.26. The van der Waals surface area contributed by atoms with Gasteiger partial charge in [-0.1, -0.05) is 6.92 Å². The van der Waals surface area contributed by atoms with Crippen molar-refractivity contribution in [2.75, 3.05) is 5.88 Å². The number of alkyl halides is 1. The molecule has 1 aliphatic carbocycles. The summed E-state index contributed by atoms with van der Waals surface area (Å²) in [5.41, 5.74) is -4.24. The fourth-order valence-electron chi connectivity index (χ4n) is 1.86. The summed E-state index contributed by atoms with van der Waals surface area (Å²) in [5.74, 6) is -0.0603. The summed E-state index contributed by atoms with van der Waals surface area (Å²) in [6, 6.07) is 6.98. The summed E-state index contributed by atoms with van der Waals surface area (Å²) >= 11 is 5.62. The average molecular weight is 205 g/mol. The quantitative estimate of drug-likeness (QED) is 0.602. The molecule has 0 saturated heterocycles. The molecule has 0 aromatic carbocycles. The minimum atomic E-state index is -1.59. The highest BCUT2D eigenvalue weighted by atomic mass is 35.5. The summed E-state index contributed by atoms with van der Waals surface area (Å²) in [5, 5.41) is 35.6.